The van der Waals surface area contributed by atoms with Gasteiger partial charge in [-0.2, -0.15) is 0 Å². The van der Waals surface area contributed by atoms with E-state index in [2.05, 4.69) is 27.8 Å². The summed E-state index contributed by atoms with van der Waals surface area (Å²) >= 11 is 0. The number of carbonyl (C=O) groups excluding carboxylic acids is 1. The van der Waals surface area contributed by atoms with Crippen LogP contribution in [0.25, 0.3) is 0 Å². The normalized spacial score (nSPS) is 12.9. The van der Waals surface area contributed by atoms with Crippen LogP contribution in [0.4, 0.5) is 0 Å². The molecule has 174 valence electrons. The number of amides is 1. The molecule has 2 N–H and O–H groups in total. The van der Waals surface area contributed by atoms with E-state index in [9.17, 15) is 4.79 Å². The lowest BCUT2D eigenvalue weighted by Gasteiger charge is -2.29. The Morgan fingerprint density at radius 3 is 2.28 bits per heavy atom. The van der Waals surface area contributed by atoms with Crippen LogP contribution in [-0.2, 0) is 24.3 Å². The Morgan fingerprint density at radius 2 is 1.69 bits per heavy atom. The monoisotopic (exact) mass is 554 g/mol. The second kappa shape index (κ2) is 12.4. The van der Waals surface area contributed by atoms with Gasteiger partial charge in [-0.3, -0.25) is 9.79 Å². The third kappa shape index (κ3) is 6.18. The van der Waals surface area contributed by atoms with E-state index in [0.717, 1.165) is 18.5 Å². The van der Waals surface area contributed by atoms with Crippen LogP contribution in [0.1, 0.15) is 16.7 Å². The van der Waals surface area contributed by atoms with Crippen molar-refractivity contribution in [1.29, 1.82) is 0 Å². The van der Waals surface area contributed by atoms with Gasteiger partial charge in [-0.1, -0.05) is 24.3 Å². The molecule has 2 aromatic rings. The van der Waals surface area contributed by atoms with E-state index in [4.69, 9.17) is 14.2 Å². The summed E-state index contributed by atoms with van der Waals surface area (Å²) in [5.41, 5.74) is 3.46. The van der Waals surface area contributed by atoms with E-state index in [-0.39, 0.29) is 36.4 Å². The summed E-state index contributed by atoms with van der Waals surface area (Å²) in [5, 5.41) is 6.32. The molecule has 0 spiro atoms. The minimum Gasteiger partial charge on any atom is -0.493 e. The number of nitrogens with one attached hydrogen (secondary N) is 2. The van der Waals surface area contributed by atoms with Gasteiger partial charge in [-0.15, -0.1) is 24.0 Å². The molecule has 0 atom stereocenters. The summed E-state index contributed by atoms with van der Waals surface area (Å²) in [7, 11) is 6.41. The fraction of sp³-hybridized carbons (Fsp3) is 0.391. The van der Waals surface area contributed by atoms with Gasteiger partial charge in [0.05, 0.1) is 27.9 Å². The Kier molecular flexibility index (Phi) is 9.89. The molecular formula is C23H31IN4O4. The Hall–Kier alpha value is -2.69. The average Bonchev–Trinajstić information content (AvgIpc) is 2.82. The number of aliphatic imine (C=N–C) groups is 1. The lowest BCUT2D eigenvalue weighted by Crippen LogP contribution is -2.45. The highest BCUT2D eigenvalue weighted by Crippen LogP contribution is 2.38. The first-order valence-electron chi connectivity index (χ1n) is 10.2. The van der Waals surface area contributed by atoms with Crippen LogP contribution in [0.15, 0.2) is 41.4 Å². The van der Waals surface area contributed by atoms with Crippen molar-refractivity contribution in [3.05, 3.63) is 53.1 Å². The number of hydrogen-bond acceptors (Lipinski definition) is 5. The minimum atomic E-state index is 0. The minimum absolute atomic E-state index is 0. The van der Waals surface area contributed by atoms with Gasteiger partial charge >= 0.3 is 0 Å². The number of carbonyl (C=O) groups is 1. The maximum absolute atomic E-state index is 12.7. The molecule has 8 nitrogen and oxygen atoms in total. The van der Waals surface area contributed by atoms with Crippen LogP contribution >= 0.6 is 24.0 Å². The van der Waals surface area contributed by atoms with Crippen molar-refractivity contribution in [3.8, 4) is 17.2 Å². The number of nitrogens with zero attached hydrogens (tertiary/aromatic N) is 2. The summed E-state index contributed by atoms with van der Waals surface area (Å²) in [5.74, 6) is 2.30. The van der Waals surface area contributed by atoms with E-state index in [1.807, 2.05) is 29.2 Å². The second-order valence-corrected chi connectivity index (χ2v) is 7.15. The van der Waals surface area contributed by atoms with E-state index < -0.39 is 0 Å². The summed E-state index contributed by atoms with van der Waals surface area (Å²) in [6, 6.07) is 12.0. The first-order valence-corrected chi connectivity index (χ1v) is 10.2. The van der Waals surface area contributed by atoms with Crippen LogP contribution in [0.5, 0.6) is 17.2 Å². The molecule has 3 rings (SSSR count). The molecule has 1 aliphatic heterocycles. The van der Waals surface area contributed by atoms with Crippen molar-refractivity contribution in [2.45, 2.75) is 19.5 Å². The van der Waals surface area contributed by atoms with Gasteiger partial charge in [-0.05, 0) is 35.2 Å². The Balaban J connectivity index is 0.00000363. The fourth-order valence-electron chi connectivity index (χ4n) is 3.62. The quantitative estimate of drug-likeness (QED) is 0.311. The second-order valence-electron chi connectivity index (χ2n) is 7.15. The van der Waals surface area contributed by atoms with E-state index in [1.54, 1.807) is 28.4 Å². The van der Waals surface area contributed by atoms with Crippen LogP contribution in [0, 0.1) is 0 Å². The van der Waals surface area contributed by atoms with Gasteiger partial charge in [0.25, 0.3) is 0 Å². The molecule has 2 aromatic carbocycles. The molecule has 0 fully saturated rings. The van der Waals surface area contributed by atoms with Gasteiger partial charge in [-0.25, -0.2) is 0 Å². The van der Waals surface area contributed by atoms with Crippen LogP contribution < -0.4 is 24.8 Å². The van der Waals surface area contributed by atoms with Crippen molar-refractivity contribution in [2.75, 3.05) is 41.5 Å². The van der Waals surface area contributed by atoms with E-state index in [0.29, 0.717) is 36.3 Å². The SMILES string of the molecule is CN=C(NCC(=O)N1CCc2ccccc2C1)NCc1cc(OC)c(OC)c(OC)c1.I. The average molecular weight is 554 g/mol. The molecule has 0 radical (unpaired) electrons. The molecule has 0 aromatic heterocycles. The molecule has 32 heavy (non-hydrogen) atoms. The zero-order valence-electron chi connectivity index (χ0n) is 18.9. The van der Waals surface area contributed by atoms with Crippen LogP contribution in [0.2, 0.25) is 0 Å². The molecule has 1 aliphatic rings. The summed E-state index contributed by atoms with van der Waals surface area (Å²) in [6.45, 7) is 2.03. The molecule has 0 saturated carbocycles. The largest absolute Gasteiger partial charge is 0.493 e. The molecule has 0 saturated heterocycles. The van der Waals surface area contributed by atoms with Gasteiger partial charge in [0.1, 0.15) is 0 Å². The maximum Gasteiger partial charge on any atom is 0.242 e. The molecule has 9 heteroatoms. The number of ether oxygens (including phenoxy) is 3. The number of methoxy groups -OCH3 is 3. The van der Waals surface area contributed by atoms with Crippen molar-refractivity contribution in [3.63, 3.8) is 0 Å². The summed E-state index contributed by atoms with van der Waals surface area (Å²) in [4.78, 5) is 18.8. The van der Waals surface area contributed by atoms with Crippen molar-refractivity contribution < 1.29 is 19.0 Å². The topological polar surface area (TPSA) is 84.4 Å². The molecular weight excluding hydrogens is 523 g/mol. The van der Waals surface area contributed by atoms with Crippen molar-refractivity contribution in [1.82, 2.24) is 15.5 Å². The third-order valence-electron chi connectivity index (χ3n) is 5.30. The lowest BCUT2D eigenvalue weighted by molar-refractivity contribution is -0.130. The number of rotatable bonds is 7. The number of hydrogen-bond donors (Lipinski definition) is 2. The van der Waals surface area contributed by atoms with E-state index >= 15 is 0 Å². The summed E-state index contributed by atoms with van der Waals surface area (Å²) in [6.07, 6.45) is 0.885. The van der Waals surface area contributed by atoms with E-state index in [1.165, 1.54) is 11.1 Å². The molecule has 1 heterocycles. The first-order chi connectivity index (χ1) is 15.1. The highest BCUT2D eigenvalue weighted by molar-refractivity contribution is 14.0. The smallest absolute Gasteiger partial charge is 0.242 e. The molecule has 0 unspecified atom stereocenters. The number of fused-ring (bicyclic) bond motifs is 1. The lowest BCUT2D eigenvalue weighted by atomic mass is 10.00. The standard InChI is InChI=1S/C23H30N4O4.HI/c1-24-23(25-13-16-11-19(29-2)22(31-4)20(12-16)30-3)26-14-21(28)27-10-9-17-7-5-6-8-18(17)15-27;/h5-8,11-12H,9-10,13-15H2,1-4H3,(H2,24,25,26);1H. The number of guanidine groups is 1. The van der Waals surface area contributed by atoms with Crippen LogP contribution in [0.3, 0.4) is 0 Å². The highest BCUT2D eigenvalue weighted by atomic mass is 127. The van der Waals surface area contributed by atoms with Crippen LogP contribution in [-0.4, -0.2) is 58.2 Å². The first kappa shape index (κ1) is 25.6. The Labute approximate surface area is 206 Å². The van der Waals surface area contributed by atoms with Crippen molar-refractivity contribution in [2.24, 2.45) is 4.99 Å². The number of halogens is 1. The van der Waals surface area contributed by atoms with Gasteiger partial charge in [0.15, 0.2) is 17.5 Å². The predicted molar refractivity (Wildman–Crippen MR) is 135 cm³/mol. The van der Waals surface area contributed by atoms with Gasteiger partial charge in [0.2, 0.25) is 11.7 Å². The maximum atomic E-state index is 12.7. The molecule has 0 bridgehead atoms. The summed E-state index contributed by atoms with van der Waals surface area (Å²) < 4.78 is 16.1. The van der Waals surface area contributed by atoms with Gasteiger partial charge < -0.3 is 29.7 Å². The predicted octanol–water partition coefficient (Wildman–Crippen LogP) is 2.58. The zero-order chi connectivity index (χ0) is 22.2. The van der Waals surface area contributed by atoms with Crippen molar-refractivity contribution >= 4 is 35.8 Å². The Bertz CT molecular complexity index is 926. The Morgan fingerprint density at radius 1 is 1.03 bits per heavy atom. The fourth-order valence-corrected chi connectivity index (χ4v) is 3.62. The molecule has 1 amide bonds. The van der Waals surface area contributed by atoms with Gasteiger partial charge in [0, 0.05) is 26.7 Å². The third-order valence-corrected chi connectivity index (χ3v) is 5.30. The number of benzene rings is 2. The highest BCUT2D eigenvalue weighted by Gasteiger charge is 2.20. The zero-order valence-corrected chi connectivity index (χ0v) is 21.3. The molecule has 0 aliphatic carbocycles.